The molecule has 1 aromatic heterocycles. The summed E-state index contributed by atoms with van der Waals surface area (Å²) >= 11 is 0. The Morgan fingerprint density at radius 2 is 2.30 bits per heavy atom. The minimum atomic E-state index is 0.265. The molecule has 5 nitrogen and oxygen atoms in total. The number of rotatable bonds is 4. The molecule has 1 aliphatic heterocycles. The first-order valence-corrected chi connectivity index (χ1v) is 7.62. The van der Waals surface area contributed by atoms with Crippen molar-refractivity contribution < 1.29 is 4.79 Å². The van der Waals surface area contributed by atoms with Gasteiger partial charge in [0.25, 0.3) is 0 Å². The van der Waals surface area contributed by atoms with E-state index in [1.54, 1.807) is 4.68 Å². The van der Waals surface area contributed by atoms with Gasteiger partial charge in [0.1, 0.15) is 0 Å². The Bertz CT molecular complexity index is 490. The van der Waals surface area contributed by atoms with E-state index >= 15 is 0 Å². The molecule has 110 valence electrons. The molecule has 1 unspecified atom stereocenters. The van der Waals surface area contributed by atoms with E-state index in [4.69, 9.17) is 0 Å². The summed E-state index contributed by atoms with van der Waals surface area (Å²) in [4.78, 5) is 14.7. The Balaban J connectivity index is 1.63. The average Bonchev–Trinajstić information content (AvgIpc) is 2.98. The van der Waals surface area contributed by atoms with Crippen LogP contribution in [0.5, 0.6) is 0 Å². The Kier molecular flexibility index (Phi) is 3.54. The maximum Gasteiger partial charge on any atom is 0.226 e. The fraction of sp³-hybridized carbons (Fsp3) is 0.733. The van der Waals surface area contributed by atoms with Crippen molar-refractivity contribution in [3.05, 3.63) is 18.0 Å². The van der Waals surface area contributed by atoms with E-state index in [0.717, 1.165) is 44.5 Å². The first kappa shape index (κ1) is 13.6. The van der Waals surface area contributed by atoms with Gasteiger partial charge in [0.2, 0.25) is 5.91 Å². The average molecular weight is 276 g/mol. The van der Waals surface area contributed by atoms with Crippen molar-refractivity contribution in [3.8, 4) is 0 Å². The maximum absolute atomic E-state index is 12.7. The molecule has 1 amide bonds. The lowest BCUT2D eigenvalue weighted by molar-refractivity contribution is -0.134. The molecule has 1 N–H and O–H groups in total. The van der Waals surface area contributed by atoms with Crippen LogP contribution in [0.3, 0.4) is 0 Å². The number of aryl methyl sites for hydroxylation is 1. The normalized spacial score (nSPS) is 23.8. The number of carbonyl (C=O) groups excluding carboxylic acids is 1. The van der Waals surface area contributed by atoms with Crippen molar-refractivity contribution in [2.75, 3.05) is 19.6 Å². The molecule has 0 aromatic carbocycles. The molecule has 1 spiro atoms. The van der Waals surface area contributed by atoms with E-state index in [0.29, 0.717) is 17.9 Å². The molecule has 3 rings (SSSR count). The SMILES string of the molecule is CCN(Cc1cnn(C)c1)C(=O)C1CC12CCNCC2. The van der Waals surface area contributed by atoms with Crippen LogP contribution in [-0.2, 0) is 18.4 Å². The largest absolute Gasteiger partial charge is 0.338 e. The number of nitrogens with zero attached hydrogens (tertiary/aromatic N) is 3. The van der Waals surface area contributed by atoms with Crippen molar-refractivity contribution in [1.82, 2.24) is 20.0 Å². The molecule has 2 heterocycles. The second-order valence-corrected chi connectivity index (χ2v) is 6.24. The van der Waals surface area contributed by atoms with Crippen LogP contribution >= 0.6 is 0 Å². The minimum Gasteiger partial charge on any atom is -0.338 e. The third-order valence-electron chi connectivity index (χ3n) is 4.91. The fourth-order valence-corrected chi connectivity index (χ4v) is 3.51. The number of nitrogens with one attached hydrogen (secondary N) is 1. The standard InChI is InChI=1S/C15H24N4O/c1-3-19(11-12-9-17-18(2)10-12)14(20)13-8-15(13)4-6-16-7-5-15/h9-10,13,16H,3-8,11H2,1-2H3. The number of aromatic nitrogens is 2. The van der Waals surface area contributed by atoms with Crippen LogP contribution in [-0.4, -0.2) is 40.2 Å². The number of amides is 1. The molecule has 1 saturated heterocycles. The van der Waals surface area contributed by atoms with Crippen molar-refractivity contribution in [1.29, 1.82) is 0 Å². The molecule has 2 fully saturated rings. The van der Waals surface area contributed by atoms with Gasteiger partial charge in [0.15, 0.2) is 0 Å². The van der Waals surface area contributed by atoms with Crippen LogP contribution in [0.1, 0.15) is 31.7 Å². The van der Waals surface area contributed by atoms with E-state index in [1.165, 1.54) is 0 Å². The summed E-state index contributed by atoms with van der Waals surface area (Å²) in [5, 5.41) is 7.57. The summed E-state index contributed by atoms with van der Waals surface area (Å²) in [5.41, 5.74) is 1.44. The van der Waals surface area contributed by atoms with E-state index in [2.05, 4.69) is 17.3 Å². The van der Waals surface area contributed by atoms with Crippen molar-refractivity contribution in [2.24, 2.45) is 18.4 Å². The summed E-state index contributed by atoms with van der Waals surface area (Å²) in [6.45, 7) is 5.66. The third kappa shape index (κ3) is 2.46. The molecule has 0 radical (unpaired) electrons. The topological polar surface area (TPSA) is 50.2 Å². The fourth-order valence-electron chi connectivity index (χ4n) is 3.51. The third-order valence-corrected chi connectivity index (χ3v) is 4.91. The lowest BCUT2D eigenvalue weighted by Gasteiger charge is -2.26. The Morgan fingerprint density at radius 1 is 1.55 bits per heavy atom. The molecule has 2 aliphatic rings. The van der Waals surface area contributed by atoms with Gasteiger partial charge in [-0.15, -0.1) is 0 Å². The number of carbonyl (C=O) groups is 1. The number of hydrogen-bond acceptors (Lipinski definition) is 3. The molecule has 5 heteroatoms. The Morgan fingerprint density at radius 3 is 2.90 bits per heavy atom. The van der Waals surface area contributed by atoms with Gasteiger partial charge < -0.3 is 10.2 Å². The van der Waals surface area contributed by atoms with Crippen molar-refractivity contribution in [3.63, 3.8) is 0 Å². The summed E-state index contributed by atoms with van der Waals surface area (Å²) < 4.78 is 1.79. The summed E-state index contributed by atoms with van der Waals surface area (Å²) in [6.07, 6.45) is 7.25. The van der Waals surface area contributed by atoms with Gasteiger partial charge in [-0.1, -0.05) is 0 Å². The van der Waals surface area contributed by atoms with Gasteiger partial charge >= 0.3 is 0 Å². The highest BCUT2D eigenvalue weighted by Gasteiger charge is 2.58. The first-order valence-electron chi connectivity index (χ1n) is 7.62. The molecule has 1 saturated carbocycles. The van der Waals surface area contributed by atoms with Gasteiger partial charge in [-0.05, 0) is 44.7 Å². The monoisotopic (exact) mass is 276 g/mol. The van der Waals surface area contributed by atoms with Gasteiger partial charge in [-0.25, -0.2) is 0 Å². The second kappa shape index (κ2) is 5.20. The summed E-state index contributed by atoms with van der Waals surface area (Å²) in [7, 11) is 1.91. The quantitative estimate of drug-likeness (QED) is 0.898. The van der Waals surface area contributed by atoms with Crippen LogP contribution in [0.25, 0.3) is 0 Å². The van der Waals surface area contributed by atoms with Gasteiger partial charge in [-0.3, -0.25) is 9.48 Å². The predicted octanol–water partition coefficient (Wildman–Crippen LogP) is 1.16. The molecule has 1 aromatic rings. The van der Waals surface area contributed by atoms with Crippen LogP contribution in [0.15, 0.2) is 12.4 Å². The summed E-state index contributed by atoms with van der Waals surface area (Å²) in [6, 6.07) is 0. The van der Waals surface area contributed by atoms with E-state index in [1.807, 2.05) is 24.3 Å². The molecule has 1 atom stereocenters. The second-order valence-electron chi connectivity index (χ2n) is 6.24. The zero-order chi connectivity index (χ0) is 14.2. The summed E-state index contributed by atoms with van der Waals surface area (Å²) in [5.74, 6) is 0.611. The van der Waals surface area contributed by atoms with Crippen molar-refractivity contribution >= 4 is 5.91 Å². The zero-order valence-corrected chi connectivity index (χ0v) is 12.4. The van der Waals surface area contributed by atoms with Crippen molar-refractivity contribution in [2.45, 2.75) is 32.7 Å². The van der Waals surface area contributed by atoms with Crippen LogP contribution in [0, 0.1) is 11.3 Å². The van der Waals surface area contributed by atoms with Crippen LogP contribution < -0.4 is 5.32 Å². The Hall–Kier alpha value is -1.36. The van der Waals surface area contributed by atoms with Gasteiger partial charge in [0, 0.05) is 37.8 Å². The number of piperidine rings is 1. The zero-order valence-electron chi connectivity index (χ0n) is 12.4. The lowest BCUT2D eigenvalue weighted by Crippen LogP contribution is -2.36. The number of hydrogen-bond donors (Lipinski definition) is 1. The molecule has 0 bridgehead atoms. The molecule has 1 aliphatic carbocycles. The minimum absolute atomic E-state index is 0.265. The van der Waals surface area contributed by atoms with Gasteiger partial charge in [-0.2, -0.15) is 5.10 Å². The molecule has 20 heavy (non-hydrogen) atoms. The smallest absolute Gasteiger partial charge is 0.226 e. The predicted molar refractivity (Wildman–Crippen MR) is 76.9 cm³/mol. The highest BCUT2D eigenvalue weighted by molar-refractivity contribution is 5.82. The first-order chi connectivity index (χ1) is 9.64. The molecular weight excluding hydrogens is 252 g/mol. The maximum atomic E-state index is 12.7. The highest BCUT2D eigenvalue weighted by Crippen LogP contribution is 2.59. The molecular formula is C15H24N4O. The van der Waals surface area contributed by atoms with E-state index in [9.17, 15) is 4.79 Å². The van der Waals surface area contributed by atoms with Gasteiger partial charge in [0.05, 0.1) is 6.20 Å². The van der Waals surface area contributed by atoms with E-state index in [-0.39, 0.29) is 5.92 Å². The van der Waals surface area contributed by atoms with E-state index < -0.39 is 0 Å². The Labute approximate surface area is 120 Å². The van der Waals surface area contributed by atoms with Crippen LogP contribution in [0.4, 0.5) is 0 Å². The lowest BCUT2D eigenvalue weighted by atomic mass is 9.91. The highest BCUT2D eigenvalue weighted by atomic mass is 16.2. The van der Waals surface area contributed by atoms with Crippen LogP contribution in [0.2, 0.25) is 0 Å².